The molecule has 6 nitrogen and oxygen atoms in total. The first kappa shape index (κ1) is 22.4. The van der Waals surface area contributed by atoms with Gasteiger partial charge in [-0.1, -0.05) is 55.3 Å². The first-order valence-corrected chi connectivity index (χ1v) is 10.4. The SMILES string of the molecule is CC(C)[C@@H]1CC[C@@H](C)C[C@H]1OC(=O)/C([N+]#N)=C(\O)COCc1ccc(Br)cc1. The van der Waals surface area contributed by atoms with E-state index in [0.717, 1.165) is 29.3 Å². The van der Waals surface area contributed by atoms with E-state index in [1.54, 1.807) is 0 Å². The highest BCUT2D eigenvalue weighted by molar-refractivity contribution is 9.10. The van der Waals surface area contributed by atoms with Gasteiger partial charge in [-0.3, -0.25) is 0 Å². The minimum atomic E-state index is -0.822. The second-order valence-electron chi connectivity index (χ2n) is 7.78. The number of aliphatic hydroxyl groups is 1. The number of nitrogens with zero attached hydrogens (tertiary/aromatic N) is 2. The molecule has 1 aromatic rings. The molecule has 1 aromatic carbocycles. The van der Waals surface area contributed by atoms with Crippen molar-refractivity contribution in [3.63, 3.8) is 0 Å². The third-order valence-corrected chi connectivity index (χ3v) is 5.74. The van der Waals surface area contributed by atoms with Crippen LogP contribution in [0.1, 0.15) is 45.6 Å². The Hall–Kier alpha value is -1.91. The molecule has 2 rings (SSSR count). The fourth-order valence-corrected chi connectivity index (χ4v) is 3.84. The summed E-state index contributed by atoms with van der Waals surface area (Å²) in [5, 5.41) is 19.4. The molecule has 28 heavy (non-hydrogen) atoms. The van der Waals surface area contributed by atoms with Gasteiger partial charge in [-0.25, -0.2) is 4.79 Å². The summed E-state index contributed by atoms with van der Waals surface area (Å²) in [6.07, 6.45) is 2.63. The molecule has 0 amide bonds. The number of esters is 1. The number of carbonyl (C=O) groups excluding carboxylic acids is 1. The summed E-state index contributed by atoms with van der Waals surface area (Å²) in [6.45, 7) is 6.36. The third-order valence-electron chi connectivity index (χ3n) is 5.21. The molecule has 0 heterocycles. The van der Waals surface area contributed by atoms with E-state index >= 15 is 0 Å². The van der Waals surface area contributed by atoms with Gasteiger partial charge in [-0.15, -0.1) is 0 Å². The molecule has 0 radical (unpaired) electrons. The van der Waals surface area contributed by atoms with Gasteiger partial charge in [0, 0.05) is 4.47 Å². The number of halogens is 1. The summed E-state index contributed by atoms with van der Waals surface area (Å²) in [5.74, 6) is -0.164. The molecule has 152 valence electrons. The molecule has 1 aliphatic rings. The lowest BCUT2D eigenvalue weighted by atomic mass is 9.75. The zero-order valence-electron chi connectivity index (χ0n) is 16.6. The quantitative estimate of drug-likeness (QED) is 0.252. The summed E-state index contributed by atoms with van der Waals surface area (Å²) in [5.41, 5.74) is 0.411. The Bertz CT molecular complexity index is 740. The van der Waals surface area contributed by atoms with Crippen LogP contribution in [0.4, 0.5) is 0 Å². The zero-order valence-corrected chi connectivity index (χ0v) is 18.2. The molecule has 1 saturated carbocycles. The van der Waals surface area contributed by atoms with Gasteiger partial charge in [0.15, 0.2) is 4.98 Å². The number of carbonyl (C=O) groups is 1. The van der Waals surface area contributed by atoms with E-state index in [2.05, 4.69) is 41.7 Å². The van der Waals surface area contributed by atoms with E-state index < -0.39 is 17.4 Å². The Morgan fingerprint density at radius 2 is 2.00 bits per heavy atom. The molecule has 0 aromatic heterocycles. The number of rotatable bonds is 7. The van der Waals surface area contributed by atoms with Crippen molar-refractivity contribution in [3.8, 4) is 0 Å². The number of ether oxygens (including phenoxy) is 2. The van der Waals surface area contributed by atoms with Crippen molar-refractivity contribution in [2.24, 2.45) is 17.8 Å². The minimum absolute atomic E-state index is 0.246. The maximum absolute atomic E-state index is 12.5. The molecule has 0 saturated heterocycles. The highest BCUT2D eigenvalue weighted by Gasteiger charge is 2.38. The maximum atomic E-state index is 12.5. The molecule has 0 spiro atoms. The van der Waals surface area contributed by atoms with E-state index in [9.17, 15) is 15.3 Å². The largest absolute Gasteiger partial charge is 0.507 e. The highest BCUT2D eigenvalue weighted by atomic mass is 79.9. The lowest BCUT2D eigenvalue weighted by molar-refractivity contribution is -0.151. The molecule has 1 N–H and O–H groups in total. The van der Waals surface area contributed by atoms with Crippen molar-refractivity contribution in [2.75, 3.05) is 6.61 Å². The summed E-state index contributed by atoms with van der Waals surface area (Å²) in [7, 11) is 0. The van der Waals surface area contributed by atoms with Gasteiger partial charge in [0.2, 0.25) is 11.2 Å². The van der Waals surface area contributed by atoms with Gasteiger partial charge in [-0.2, -0.15) is 0 Å². The van der Waals surface area contributed by atoms with Crippen LogP contribution in [-0.4, -0.2) is 23.8 Å². The molecular formula is C21H28BrN2O4+. The number of benzene rings is 1. The van der Waals surface area contributed by atoms with Crippen LogP contribution >= 0.6 is 15.9 Å². The number of diazo groups is 1. The lowest BCUT2D eigenvalue weighted by Gasteiger charge is -2.36. The molecule has 0 aliphatic heterocycles. The van der Waals surface area contributed by atoms with Crippen molar-refractivity contribution in [3.05, 3.63) is 50.7 Å². The van der Waals surface area contributed by atoms with E-state index in [4.69, 9.17) is 9.47 Å². The van der Waals surface area contributed by atoms with Crippen molar-refractivity contribution < 1.29 is 19.4 Å². The van der Waals surface area contributed by atoms with Crippen LogP contribution < -0.4 is 0 Å². The molecule has 3 atom stereocenters. The minimum Gasteiger partial charge on any atom is -0.503 e. The number of aliphatic hydroxyl groups excluding tert-OH is 1. The van der Waals surface area contributed by atoms with E-state index in [0.29, 0.717) is 11.8 Å². The molecular weight excluding hydrogens is 424 g/mol. The molecule has 1 fully saturated rings. The van der Waals surface area contributed by atoms with E-state index in [1.165, 1.54) is 0 Å². The average molecular weight is 452 g/mol. The molecule has 7 heteroatoms. The first-order valence-electron chi connectivity index (χ1n) is 9.62. The maximum Gasteiger partial charge on any atom is 0.507 e. The van der Waals surface area contributed by atoms with Crippen molar-refractivity contribution in [1.29, 1.82) is 5.39 Å². The fraction of sp³-hybridized carbons (Fsp3) is 0.571. The topological polar surface area (TPSA) is 83.9 Å². The van der Waals surface area contributed by atoms with Gasteiger partial charge in [0.05, 0.1) is 6.61 Å². The predicted octanol–water partition coefficient (Wildman–Crippen LogP) is 5.59. The average Bonchev–Trinajstić information content (AvgIpc) is 2.63. The van der Waals surface area contributed by atoms with Crippen LogP contribution in [0.2, 0.25) is 0 Å². The standard InChI is InChI=1S/C21H27BrN2O4/c1-13(2)17-9-4-14(3)10-19(17)28-21(26)20(24-23)18(25)12-27-11-15-5-7-16(22)8-6-15/h5-8,13-14,17,19H,4,9-12H2,1-3H3/p+1/t14-,17+,19-/m1/s1. The number of hydrogen-bond donors (Lipinski definition) is 1. The van der Waals surface area contributed by atoms with Gasteiger partial charge >= 0.3 is 11.7 Å². The Morgan fingerprint density at radius 1 is 1.32 bits per heavy atom. The second kappa shape index (κ2) is 10.6. The Morgan fingerprint density at radius 3 is 2.61 bits per heavy atom. The molecule has 0 bridgehead atoms. The van der Waals surface area contributed by atoms with Crippen LogP contribution in [0.15, 0.2) is 40.2 Å². The lowest BCUT2D eigenvalue weighted by Crippen LogP contribution is -2.36. The Labute approximate surface area is 174 Å². The number of hydrogen-bond acceptors (Lipinski definition) is 5. The Kier molecular flexibility index (Phi) is 8.46. The van der Waals surface area contributed by atoms with Crippen molar-refractivity contribution >= 4 is 21.9 Å². The zero-order chi connectivity index (χ0) is 20.7. The predicted molar refractivity (Wildman–Crippen MR) is 110 cm³/mol. The van der Waals surface area contributed by atoms with Gasteiger partial charge < -0.3 is 14.6 Å². The highest BCUT2D eigenvalue weighted by Crippen LogP contribution is 2.35. The summed E-state index contributed by atoms with van der Waals surface area (Å²) < 4.78 is 12.0. The summed E-state index contributed by atoms with van der Waals surface area (Å²) in [6, 6.07) is 7.53. The third kappa shape index (κ3) is 6.32. The smallest absolute Gasteiger partial charge is 0.503 e. The fourth-order valence-electron chi connectivity index (χ4n) is 3.57. The van der Waals surface area contributed by atoms with Crippen molar-refractivity contribution in [2.45, 2.75) is 52.7 Å². The van der Waals surface area contributed by atoms with Gasteiger partial charge in [0.25, 0.3) is 0 Å². The normalized spacial score (nSPS) is 23.1. The first-order chi connectivity index (χ1) is 13.3. The summed E-state index contributed by atoms with van der Waals surface area (Å²) >= 11 is 3.36. The van der Waals surface area contributed by atoms with E-state index in [-0.39, 0.29) is 25.2 Å². The van der Waals surface area contributed by atoms with Crippen LogP contribution in [-0.2, 0) is 20.9 Å². The van der Waals surface area contributed by atoms with Crippen LogP contribution in [0.25, 0.3) is 4.98 Å². The van der Waals surface area contributed by atoms with Crippen LogP contribution in [0.3, 0.4) is 0 Å². The van der Waals surface area contributed by atoms with E-state index in [1.807, 2.05) is 24.3 Å². The molecule has 0 unspecified atom stereocenters. The monoisotopic (exact) mass is 451 g/mol. The molecule has 1 aliphatic carbocycles. The van der Waals surface area contributed by atoms with Crippen LogP contribution in [0, 0.1) is 23.1 Å². The Balaban J connectivity index is 1.97. The van der Waals surface area contributed by atoms with Crippen LogP contribution in [0.5, 0.6) is 0 Å². The van der Waals surface area contributed by atoms with Crippen molar-refractivity contribution in [1.82, 2.24) is 0 Å². The van der Waals surface area contributed by atoms with Gasteiger partial charge in [0.1, 0.15) is 12.7 Å². The van der Waals surface area contributed by atoms with Gasteiger partial charge in [-0.05, 0) is 48.3 Å². The second-order valence-corrected chi connectivity index (χ2v) is 8.70. The summed E-state index contributed by atoms with van der Waals surface area (Å²) in [4.78, 5) is 15.4.